The van der Waals surface area contributed by atoms with Gasteiger partial charge in [-0.1, -0.05) is 0 Å². The van der Waals surface area contributed by atoms with Crippen LogP contribution in [0.1, 0.15) is 34.1 Å². The first-order chi connectivity index (χ1) is 14.7. The molecule has 9 nitrogen and oxygen atoms in total. The van der Waals surface area contributed by atoms with Crippen molar-refractivity contribution in [3.05, 3.63) is 24.3 Å². The second-order valence-corrected chi connectivity index (χ2v) is 9.00. The molecule has 9 heteroatoms. The average molecular weight is 437 g/mol. The fourth-order valence-corrected chi connectivity index (χ4v) is 4.37. The highest BCUT2D eigenvalue weighted by Gasteiger charge is 2.57. The molecule has 2 N–H and O–H groups in total. The molecule has 3 heterocycles. The number of benzene rings is 1. The van der Waals surface area contributed by atoms with Gasteiger partial charge in [-0.25, -0.2) is 4.79 Å². The molecule has 0 radical (unpaired) electrons. The molecule has 172 valence electrons. The van der Waals surface area contributed by atoms with E-state index in [-0.39, 0.29) is 30.3 Å². The molecule has 0 aromatic heterocycles. The van der Waals surface area contributed by atoms with Gasteiger partial charge in [-0.2, -0.15) is 0 Å². The van der Waals surface area contributed by atoms with Crippen LogP contribution in [0.4, 0.5) is 10.5 Å². The van der Waals surface area contributed by atoms with Crippen molar-refractivity contribution in [1.82, 2.24) is 5.32 Å². The summed E-state index contributed by atoms with van der Waals surface area (Å²) in [7, 11) is 1.60. The zero-order valence-electron chi connectivity index (χ0n) is 18.7. The monoisotopic (exact) mass is 436 g/mol. The lowest BCUT2D eigenvalue weighted by Crippen LogP contribution is -2.41. The number of rotatable bonds is 6. The zero-order chi connectivity index (χ0) is 22.2. The van der Waals surface area contributed by atoms with Gasteiger partial charge in [-0.3, -0.25) is 0 Å². The van der Waals surface area contributed by atoms with Gasteiger partial charge < -0.3 is 39.1 Å². The van der Waals surface area contributed by atoms with Crippen molar-refractivity contribution < 1.29 is 33.2 Å². The highest BCUT2D eigenvalue weighted by molar-refractivity contribution is 5.89. The number of hydrogen-bond donors (Lipinski definition) is 2. The molecule has 3 aliphatic rings. The number of hydrogen-bond acceptors (Lipinski definition) is 7. The molecule has 2 amide bonds. The lowest BCUT2D eigenvalue weighted by Gasteiger charge is -2.29. The molecule has 0 saturated carbocycles. The van der Waals surface area contributed by atoms with Gasteiger partial charge in [0.25, 0.3) is 0 Å². The smallest absolute Gasteiger partial charge is 0.319 e. The number of carbonyl (C=O) groups excluding carboxylic acids is 1. The number of fused-ring (bicyclic) bond motifs is 1. The zero-order valence-corrected chi connectivity index (χ0v) is 18.7. The van der Waals surface area contributed by atoms with Crippen molar-refractivity contribution >= 4 is 11.7 Å². The molecule has 0 unspecified atom stereocenters. The van der Waals surface area contributed by atoms with Gasteiger partial charge in [-0.05, 0) is 58.4 Å². The summed E-state index contributed by atoms with van der Waals surface area (Å²) in [4.78, 5) is 12.3. The third-order valence-corrected chi connectivity index (χ3v) is 5.73. The van der Waals surface area contributed by atoms with E-state index >= 15 is 0 Å². The largest absolute Gasteiger partial charge is 0.497 e. The van der Waals surface area contributed by atoms with Crippen molar-refractivity contribution in [3.8, 4) is 5.75 Å². The highest BCUT2D eigenvalue weighted by Crippen LogP contribution is 2.44. The number of methoxy groups -OCH3 is 1. The first kappa shape index (κ1) is 22.3. The molecular formula is C22H32N2O7. The number of nitrogens with one attached hydrogen (secondary N) is 2. The molecule has 3 fully saturated rings. The van der Waals surface area contributed by atoms with Crippen LogP contribution in [0, 0.1) is 5.92 Å². The molecule has 1 aromatic rings. The molecule has 31 heavy (non-hydrogen) atoms. The Bertz CT molecular complexity index is 783. The maximum absolute atomic E-state index is 12.3. The standard InChI is InChI=1S/C22H32N2O7/c1-21(2)27-12-16(29-21)17-15(18-19(28-17)31-22(3,4)30-18)10-11-23-20(25)24-13-6-8-14(26-5)9-7-13/h6-9,15-19H,10-12H2,1-5H3,(H2,23,24,25)/t15-,16-,17+,18-,19-/m1/s1. The van der Waals surface area contributed by atoms with Crippen LogP contribution < -0.4 is 15.4 Å². The Morgan fingerprint density at radius 1 is 1.06 bits per heavy atom. The van der Waals surface area contributed by atoms with Gasteiger partial charge in [-0.15, -0.1) is 0 Å². The molecule has 1 aromatic carbocycles. The van der Waals surface area contributed by atoms with E-state index < -0.39 is 17.9 Å². The lowest BCUT2D eigenvalue weighted by molar-refractivity contribution is -0.227. The molecule has 3 saturated heterocycles. The minimum Gasteiger partial charge on any atom is -0.497 e. The fourth-order valence-electron chi connectivity index (χ4n) is 4.37. The molecule has 0 aliphatic carbocycles. The molecule has 4 rings (SSSR count). The van der Waals surface area contributed by atoms with Crippen molar-refractivity contribution in [2.75, 3.05) is 25.6 Å². The number of anilines is 1. The normalized spacial score (nSPS) is 33.1. The number of ether oxygens (including phenoxy) is 6. The molecule has 5 atom stereocenters. The van der Waals surface area contributed by atoms with Crippen molar-refractivity contribution in [3.63, 3.8) is 0 Å². The summed E-state index contributed by atoms with van der Waals surface area (Å²) in [6.45, 7) is 8.43. The van der Waals surface area contributed by atoms with Crippen molar-refractivity contribution in [2.24, 2.45) is 5.92 Å². The van der Waals surface area contributed by atoms with E-state index in [0.29, 0.717) is 25.3 Å². The van der Waals surface area contributed by atoms with Crippen LogP contribution >= 0.6 is 0 Å². The summed E-state index contributed by atoms with van der Waals surface area (Å²) in [6, 6.07) is 6.88. The Hall–Kier alpha value is -1.91. The maximum atomic E-state index is 12.3. The Labute approximate surface area is 182 Å². The molecule has 0 bridgehead atoms. The van der Waals surface area contributed by atoms with Crippen LogP contribution in [0.25, 0.3) is 0 Å². The summed E-state index contributed by atoms with van der Waals surface area (Å²) in [5.41, 5.74) is 0.688. The minimum atomic E-state index is -0.704. The van der Waals surface area contributed by atoms with E-state index in [0.717, 1.165) is 5.75 Å². The van der Waals surface area contributed by atoms with Crippen molar-refractivity contribution in [2.45, 2.75) is 70.3 Å². The van der Waals surface area contributed by atoms with Gasteiger partial charge in [0.05, 0.1) is 19.8 Å². The number of amides is 2. The van der Waals surface area contributed by atoms with E-state index in [1.807, 2.05) is 27.7 Å². The van der Waals surface area contributed by atoms with Crippen LogP contribution in [-0.2, 0) is 23.7 Å². The molecule has 0 spiro atoms. The number of urea groups is 1. The van der Waals surface area contributed by atoms with Gasteiger partial charge in [0.2, 0.25) is 0 Å². The average Bonchev–Trinajstić information content (AvgIpc) is 3.32. The van der Waals surface area contributed by atoms with Crippen LogP contribution in [0.15, 0.2) is 24.3 Å². The predicted molar refractivity (Wildman–Crippen MR) is 112 cm³/mol. The van der Waals surface area contributed by atoms with E-state index in [1.54, 1.807) is 31.4 Å². The Kier molecular flexibility index (Phi) is 6.15. The highest BCUT2D eigenvalue weighted by atomic mass is 16.8. The van der Waals surface area contributed by atoms with E-state index in [1.165, 1.54) is 0 Å². The summed E-state index contributed by atoms with van der Waals surface area (Å²) in [5, 5.41) is 5.73. The van der Waals surface area contributed by atoms with E-state index in [2.05, 4.69) is 10.6 Å². The summed E-state index contributed by atoms with van der Waals surface area (Å²) in [6.07, 6.45) is -0.473. The third-order valence-electron chi connectivity index (χ3n) is 5.73. The third kappa shape index (κ3) is 5.12. The Morgan fingerprint density at radius 2 is 1.81 bits per heavy atom. The first-order valence-electron chi connectivity index (χ1n) is 10.7. The van der Waals surface area contributed by atoms with Crippen LogP contribution in [0.5, 0.6) is 5.75 Å². The summed E-state index contributed by atoms with van der Waals surface area (Å²) >= 11 is 0. The fraction of sp³-hybridized carbons (Fsp3) is 0.682. The van der Waals surface area contributed by atoms with E-state index in [4.69, 9.17) is 28.4 Å². The quantitative estimate of drug-likeness (QED) is 0.708. The van der Waals surface area contributed by atoms with Crippen LogP contribution in [0.3, 0.4) is 0 Å². The maximum Gasteiger partial charge on any atom is 0.319 e. The SMILES string of the molecule is COc1ccc(NC(=O)NCC[C@H]2[C@H]3OC(C)(C)O[C@H]3O[C@@H]2[C@H]2COC(C)(C)O2)cc1. The van der Waals surface area contributed by atoms with Gasteiger partial charge in [0, 0.05) is 18.2 Å². The summed E-state index contributed by atoms with van der Waals surface area (Å²) < 4.78 is 35.1. The van der Waals surface area contributed by atoms with E-state index in [9.17, 15) is 4.79 Å². The Balaban J connectivity index is 1.34. The topological polar surface area (TPSA) is 96.5 Å². The van der Waals surface area contributed by atoms with Gasteiger partial charge >= 0.3 is 6.03 Å². The Morgan fingerprint density at radius 3 is 2.45 bits per heavy atom. The first-order valence-corrected chi connectivity index (χ1v) is 10.7. The predicted octanol–water partition coefficient (Wildman–Crippen LogP) is 2.85. The van der Waals surface area contributed by atoms with Gasteiger partial charge in [0.1, 0.15) is 18.0 Å². The molecule has 3 aliphatic heterocycles. The second kappa shape index (κ2) is 8.55. The van der Waals surface area contributed by atoms with Crippen molar-refractivity contribution in [1.29, 1.82) is 0 Å². The molecular weight excluding hydrogens is 404 g/mol. The number of carbonyl (C=O) groups is 1. The second-order valence-electron chi connectivity index (χ2n) is 9.00. The summed E-state index contributed by atoms with van der Waals surface area (Å²) in [5.74, 6) is -0.621. The van der Waals surface area contributed by atoms with Gasteiger partial charge in [0.15, 0.2) is 17.9 Å². The van der Waals surface area contributed by atoms with Crippen LogP contribution in [-0.4, -0.2) is 62.5 Å². The van der Waals surface area contributed by atoms with Crippen LogP contribution in [0.2, 0.25) is 0 Å². The lowest BCUT2D eigenvalue weighted by atomic mass is 9.91. The minimum absolute atomic E-state index is 0.00411.